The first-order valence-corrected chi connectivity index (χ1v) is 12.1. The number of hydrogen-bond acceptors (Lipinski definition) is 5. The van der Waals surface area contributed by atoms with Crippen molar-refractivity contribution in [1.82, 2.24) is 5.32 Å². The summed E-state index contributed by atoms with van der Waals surface area (Å²) >= 11 is 0. The average Bonchev–Trinajstić information content (AvgIpc) is 3.25. The van der Waals surface area contributed by atoms with Crippen LogP contribution in [0.15, 0.2) is 29.8 Å². The van der Waals surface area contributed by atoms with Crippen molar-refractivity contribution >= 4 is 6.09 Å². The quantitative estimate of drug-likeness (QED) is 0.636. The Labute approximate surface area is 190 Å². The van der Waals surface area contributed by atoms with Gasteiger partial charge in [-0.25, -0.2) is 4.79 Å². The number of fused-ring (bicyclic) bond motifs is 3. The van der Waals surface area contributed by atoms with E-state index in [1.807, 2.05) is 12.1 Å². The topological polar surface area (TPSA) is 66.0 Å². The van der Waals surface area contributed by atoms with Gasteiger partial charge in [0, 0.05) is 17.4 Å². The van der Waals surface area contributed by atoms with Crippen molar-refractivity contribution in [3.8, 4) is 11.5 Å². The summed E-state index contributed by atoms with van der Waals surface area (Å²) < 4.78 is 23.5. The molecule has 0 spiro atoms. The van der Waals surface area contributed by atoms with Gasteiger partial charge in [0.1, 0.15) is 6.61 Å². The lowest BCUT2D eigenvalue weighted by Gasteiger charge is -2.55. The highest BCUT2D eigenvalue weighted by Crippen LogP contribution is 2.56. The molecule has 2 bridgehead atoms. The van der Waals surface area contributed by atoms with Gasteiger partial charge in [-0.05, 0) is 49.3 Å². The summed E-state index contributed by atoms with van der Waals surface area (Å²) in [6.07, 6.45) is 7.76. The molecule has 1 saturated heterocycles. The summed E-state index contributed by atoms with van der Waals surface area (Å²) in [5.41, 5.74) is 2.23. The molecule has 1 saturated carbocycles. The number of carbonyl (C=O) groups excluding carboxylic acids is 1. The van der Waals surface area contributed by atoms with E-state index in [0.717, 1.165) is 29.9 Å². The summed E-state index contributed by atoms with van der Waals surface area (Å²) in [7, 11) is 0. The molecule has 4 aliphatic rings. The SMILES string of the molecule is CC1=C[C@H](C)[C@]2(COC(=O)NC3CCCCC3)CO[C@H](c3ccc4c(c3)OCO4)[C@H]1[C@H]2C. The van der Waals surface area contributed by atoms with E-state index in [2.05, 4.69) is 38.2 Å². The second kappa shape index (κ2) is 8.62. The Morgan fingerprint density at radius 3 is 2.75 bits per heavy atom. The van der Waals surface area contributed by atoms with Crippen LogP contribution in [0.2, 0.25) is 0 Å². The number of allylic oxidation sites excluding steroid dienone is 1. The highest BCUT2D eigenvalue weighted by atomic mass is 16.7. The molecule has 1 amide bonds. The van der Waals surface area contributed by atoms with Crippen molar-refractivity contribution < 1.29 is 23.7 Å². The van der Waals surface area contributed by atoms with Crippen molar-refractivity contribution in [2.45, 2.75) is 65.0 Å². The van der Waals surface area contributed by atoms with Crippen LogP contribution < -0.4 is 14.8 Å². The van der Waals surface area contributed by atoms with Crippen LogP contribution in [0.25, 0.3) is 0 Å². The van der Waals surface area contributed by atoms with E-state index in [1.165, 1.54) is 24.8 Å². The second-order valence-electron chi connectivity index (χ2n) is 10.1. The van der Waals surface area contributed by atoms with E-state index in [-0.39, 0.29) is 42.3 Å². The molecule has 1 aromatic carbocycles. The van der Waals surface area contributed by atoms with Crippen molar-refractivity contribution in [3.63, 3.8) is 0 Å². The molecule has 2 fully saturated rings. The summed E-state index contributed by atoms with van der Waals surface area (Å²) in [6.45, 7) is 7.93. The standard InChI is InChI=1S/C26H35NO5/c1-16-11-17(2)26(14-30-25(28)27-20-7-5-4-6-8-20)13-29-24(23(16)18(26)3)19-9-10-21-22(12-19)32-15-31-21/h9-12,17-18,20,23-24H,4-8,13-15H2,1-3H3,(H,27,28)/t17-,18+,23+,24+,26+/m0/s1. The molecular formula is C26H35NO5. The Kier molecular flexibility index (Phi) is 5.82. The predicted molar refractivity (Wildman–Crippen MR) is 121 cm³/mol. The predicted octanol–water partition coefficient (Wildman–Crippen LogP) is 5.38. The molecule has 1 N–H and O–H groups in total. The van der Waals surface area contributed by atoms with Gasteiger partial charge in [-0.15, -0.1) is 0 Å². The molecule has 174 valence electrons. The van der Waals surface area contributed by atoms with Crippen LogP contribution >= 0.6 is 0 Å². The van der Waals surface area contributed by atoms with E-state index < -0.39 is 0 Å². The lowest BCUT2D eigenvalue weighted by molar-refractivity contribution is -0.165. The number of hydrogen-bond donors (Lipinski definition) is 1. The molecule has 5 atom stereocenters. The summed E-state index contributed by atoms with van der Waals surface area (Å²) in [5.74, 6) is 2.38. The second-order valence-corrected chi connectivity index (χ2v) is 10.1. The minimum atomic E-state index is -0.286. The van der Waals surface area contributed by atoms with E-state index in [9.17, 15) is 4.79 Å². The minimum absolute atomic E-state index is 0.0487. The number of nitrogens with one attached hydrogen (secondary N) is 1. The fraction of sp³-hybridized carbons (Fsp3) is 0.654. The molecule has 1 aromatic rings. The Morgan fingerprint density at radius 2 is 1.94 bits per heavy atom. The summed E-state index contributed by atoms with van der Waals surface area (Å²) in [6, 6.07) is 6.35. The maximum Gasteiger partial charge on any atom is 0.407 e. The fourth-order valence-corrected chi connectivity index (χ4v) is 6.30. The molecule has 2 aliphatic heterocycles. The number of alkyl carbamates (subject to hydrolysis) is 1. The van der Waals surface area contributed by atoms with Crippen molar-refractivity contribution in [1.29, 1.82) is 0 Å². The Balaban J connectivity index is 1.32. The van der Waals surface area contributed by atoms with Crippen molar-refractivity contribution in [3.05, 3.63) is 35.4 Å². The fourth-order valence-electron chi connectivity index (χ4n) is 6.30. The van der Waals surface area contributed by atoms with Crippen LogP contribution in [0.4, 0.5) is 4.79 Å². The molecular weight excluding hydrogens is 406 g/mol. The van der Waals surface area contributed by atoms with Crippen molar-refractivity contribution in [2.75, 3.05) is 20.0 Å². The molecule has 0 unspecified atom stereocenters. The van der Waals surface area contributed by atoms with Gasteiger partial charge in [0.25, 0.3) is 0 Å². The zero-order valence-electron chi connectivity index (χ0n) is 19.4. The number of carbonyl (C=O) groups is 1. The van der Waals surface area contributed by atoms with Gasteiger partial charge in [-0.3, -0.25) is 0 Å². The first kappa shape index (κ1) is 21.6. The maximum atomic E-state index is 12.6. The Hall–Kier alpha value is -2.21. The van der Waals surface area contributed by atoms with Crippen LogP contribution in [-0.4, -0.2) is 32.1 Å². The zero-order valence-corrected chi connectivity index (χ0v) is 19.4. The van der Waals surface area contributed by atoms with Gasteiger partial charge >= 0.3 is 6.09 Å². The van der Waals surface area contributed by atoms with Gasteiger partial charge in [0.15, 0.2) is 11.5 Å². The largest absolute Gasteiger partial charge is 0.454 e. The Bertz CT molecular complexity index is 892. The minimum Gasteiger partial charge on any atom is -0.454 e. The third-order valence-electron chi connectivity index (χ3n) is 8.37. The molecule has 32 heavy (non-hydrogen) atoms. The van der Waals surface area contributed by atoms with Crippen LogP contribution in [0.3, 0.4) is 0 Å². The molecule has 2 heterocycles. The monoisotopic (exact) mass is 441 g/mol. The van der Waals surface area contributed by atoms with E-state index in [4.69, 9.17) is 18.9 Å². The van der Waals surface area contributed by atoms with Gasteiger partial charge in [-0.1, -0.05) is 50.8 Å². The number of rotatable bonds is 4. The zero-order chi connectivity index (χ0) is 22.3. The first-order chi connectivity index (χ1) is 15.5. The highest BCUT2D eigenvalue weighted by molar-refractivity contribution is 5.67. The number of amides is 1. The maximum absolute atomic E-state index is 12.6. The van der Waals surface area contributed by atoms with E-state index in [0.29, 0.717) is 19.1 Å². The van der Waals surface area contributed by atoms with Crippen LogP contribution in [0.5, 0.6) is 11.5 Å². The van der Waals surface area contributed by atoms with E-state index in [1.54, 1.807) is 0 Å². The average molecular weight is 442 g/mol. The van der Waals surface area contributed by atoms with Gasteiger partial charge in [-0.2, -0.15) is 0 Å². The molecule has 2 aliphatic carbocycles. The van der Waals surface area contributed by atoms with Crippen LogP contribution in [0, 0.1) is 23.2 Å². The molecule has 6 heteroatoms. The van der Waals surface area contributed by atoms with Gasteiger partial charge in [0.2, 0.25) is 6.79 Å². The molecule has 0 radical (unpaired) electrons. The number of ether oxygens (including phenoxy) is 4. The molecule has 6 nitrogen and oxygen atoms in total. The van der Waals surface area contributed by atoms with Gasteiger partial charge < -0.3 is 24.3 Å². The first-order valence-electron chi connectivity index (χ1n) is 12.1. The lowest BCUT2D eigenvalue weighted by Crippen LogP contribution is -2.55. The van der Waals surface area contributed by atoms with Crippen LogP contribution in [-0.2, 0) is 9.47 Å². The number of benzene rings is 1. The highest BCUT2D eigenvalue weighted by Gasteiger charge is 2.54. The summed E-state index contributed by atoms with van der Waals surface area (Å²) in [5, 5.41) is 3.08. The third-order valence-corrected chi connectivity index (χ3v) is 8.37. The van der Waals surface area contributed by atoms with Gasteiger partial charge in [0.05, 0.1) is 12.7 Å². The van der Waals surface area contributed by atoms with Crippen LogP contribution in [0.1, 0.15) is 64.5 Å². The summed E-state index contributed by atoms with van der Waals surface area (Å²) in [4.78, 5) is 12.6. The van der Waals surface area contributed by atoms with E-state index >= 15 is 0 Å². The molecule has 5 rings (SSSR count). The third kappa shape index (κ3) is 3.76. The smallest absolute Gasteiger partial charge is 0.407 e. The molecule has 0 aromatic heterocycles. The Morgan fingerprint density at radius 1 is 1.16 bits per heavy atom. The normalized spacial score (nSPS) is 34.0. The lowest BCUT2D eigenvalue weighted by atomic mass is 9.56. The van der Waals surface area contributed by atoms with Crippen molar-refractivity contribution in [2.24, 2.45) is 23.2 Å².